The summed E-state index contributed by atoms with van der Waals surface area (Å²) < 4.78 is 2.27. The van der Waals surface area contributed by atoms with Crippen LogP contribution in [0.4, 0.5) is 0 Å². The van der Waals surface area contributed by atoms with Gasteiger partial charge in [0.25, 0.3) is 0 Å². The van der Waals surface area contributed by atoms with Crippen molar-refractivity contribution in [2.45, 2.75) is 19.8 Å². The maximum absolute atomic E-state index is 13.2. The summed E-state index contributed by atoms with van der Waals surface area (Å²) in [4.78, 5) is 18.4. The molecule has 0 fully saturated rings. The van der Waals surface area contributed by atoms with Crippen LogP contribution in [0.25, 0.3) is 38.9 Å². The van der Waals surface area contributed by atoms with Crippen LogP contribution >= 0.6 is 0 Å². The van der Waals surface area contributed by atoms with Crippen molar-refractivity contribution in [2.75, 3.05) is 0 Å². The zero-order valence-electron chi connectivity index (χ0n) is 17.4. The Hall–Kier alpha value is -3.72. The predicted octanol–water partition coefficient (Wildman–Crippen LogP) is 6.59. The Morgan fingerprint density at radius 2 is 1.39 bits per heavy atom. The second-order valence-corrected chi connectivity index (χ2v) is 8.50. The smallest absolute Gasteiger partial charge is 0.165 e. The Bertz CT molecular complexity index is 1450. The van der Waals surface area contributed by atoms with Gasteiger partial charge in [0.15, 0.2) is 5.78 Å². The lowest BCUT2D eigenvalue weighted by atomic mass is 9.84. The quantitative estimate of drug-likeness (QED) is 0.334. The SMILES string of the molecule is CC1CC(=O)c2c(n3c(-c4ccccc4)c(-c4ccccc4)nc3c3ccccc23)C1. The third-order valence-corrected chi connectivity index (χ3v) is 6.32. The first-order chi connectivity index (χ1) is 15.2. The standard InChI is InChI=1S/C28H22N2O/c1-18-16-23-25(24(31)17-18)21-14-8-9-15-22(21)28-29-26(19-10-4-2-5-11-19)27(30(23)28)20-12-6-3-7-13-20/h2-15,18H,16-17H2,1H3. The van der Waals surface area contributed by atoms with Crippen molar-refractivity contribution < 1.29 is 4.79 Å². The van der Waals surface area contributed by atoms with Gasteiger partial charge in [0.1, 0.15) is 5.65 Å². The molecule has 0 aliphatic heterocycles. The van der Waals surface area contributed by atoms with Gasteiger partial charge in [-0.05, 0) is 17.7 Å². The highest BCUT2D eigenvalue weighted by Gasteiger charge is 2.30. The van der Waals surface area contributed by atoms with Crippen LogP contribution in [0.5, 0.6) is 0 Å². The number of nitrogens with zero attached hydrogens (tertiary/aromatic N) is 2. The number of ketones is 1. The zero-order valence-corrected chi connectivity index (χ0v) is 17.4. The first kappa shape index (κ1) is 18.1. The lowest BCUT2D eigenvalue weighted by Crippen LogP contribution is -2.21. The van der Waals surface area contributed by atoms with Crippen LogP contribution in [0.3, 0.4) is 0 Å². The van der Waals surface area contributed by atoms with E-state index in [-0.39, 0.29) is 5.78 Å². The van der Waals surface area contributed by atoms with E-state index < -0.39 is 0 Å². The number of Topliss-reactive ketones (excluding diaryl/α,β-unsaturated/α-hetero) is 1. The van der Waals surface area contributed by atoms with Gasteiger partial charge in [0, 0.05) is 34.2 Å². The number of fused-ring (bicyclic) bond motifs is 6. The van der Waals surface area contributed by atoms with E-state index in [0.29, 0.717) is 12.3 Å². The van der Waals surface area contributed by atoms with Crippen LogP contribution in [-0.2, 0) is 6.42 Å². The van der Waals surface area contributed by atoms with Crippen LogP contribution in [0.2, 0.25) is 0 Å². The zero-order chi connectivity index (χ0) is 20.9. The first-order valence-corrected chi connectivity index (χ1v) is 10.8. The second-order valence-electron chi connectivity index (χ2n) is 8.50. The normalized spacial score (nSPS) is 16.0. The minimum Gasteiger partial charge on any atom is -0.295 e. The van der Waals surface area contributed by atoms with E-state index in [1.54, 1.807) is 0 Å². The highest BCUT2D eigenvalue weighted by Crippen LogP contribution is 2.40. The molecule has 1 atom stereocenters. The Kier molecular flexibility index (Phi) is 4.03. The number of hydrogen-bond donors (Lipinski definition) is 0. The van der Waals surface area contributed by atoms with E-state index >= 15 is 0 Å². The third kappa shape index (κ3) is 2.73. The van der Waals surface area contributed by atoms with Gasteiger partial charge in [-0.1, -0.05) is 91.9 Å². The Labute approximate surface area is 181 Å². The van der Waals surface area contributed by atoms with Crippen molar-refractivity contribution in [1.82, 2.24) is 9.38 Å². The summed E-state index contributed by atoms with van der Waals surface area (Å²) in [6, 6.07) is 29.0. The molecule has 0 saturated heterocycles. The van der Waals surface area contributed by atoms with Crippen molar-refractivity contribution in [2.24, 2.45) is 5.92 Å². The van der Waals surface area contributed by atoms with Crippen LogP contribution < -0.4 is 0 Å². The van der Waals surface area contributed by atoms with Gasteiger partial charge < -0.3 is 0 Å². The summed E-state index contributed by atoms with van der Waals surface area (Å²) >= 11 is 0. The molecule has 0 N–H and O–H groups in total. The number of rotatable bonds is 2. The molecule has 6 rings (SSSR count). The number of pyridine rings is 1. The molecule has 0 bridgehead atoms. The van der Waals surface area contributed by atoms with Crippen LogP contribution in [0.1, 0.15) is 29.4 Å². The fourth-order valence-corrected chi connectivity index (χ4v) is 5.01. The third-order valence-electron chi connectivity index (χ3n) is 6.32. The van der Waals surface area contributed by atoms with Gasteiger partial charge in [-0.2, -0.15) is 0 Å². The van der Waals surface area contributed by atoms with Gasteiger partial charge in [-0.15, -0.1) is 0 Å². The van der Waals surface area contributed by atoms with Gasteiger partial charge in [0.05, 0.1) is 11.4 Å². The topological polar surface area (TPSA) is 34.4 Å². The van der Waals surface area contributed by atoms with E-state index in [9.17, 15) is 4.79 Å². The fraction of sp³-hybridized carbons (Fsp3) is 0.143. The number of aromatic nitrogens is 2. The van der Waals surface area contributed by atoms with E-state index in [4.69, 9.17) is 4.98 Å². The van der Waals surface area contributed by atoms with Gasteiger partial charge in [-0.25, -0.2) is 4.98 Å². The number of carbonyl (C=O) groups is 1. The first-order valence-electron chi connectivity index (χ1n) is 10.8. The minimum atomic E-state index is 0.237. The molecule has 3 aromatic carbocycles. The van der Waals surface area contributed by atoms with Crippen molar-refractivity contribution >= 4 is 22.2 Å². The second kappa shape index (κ2) is 6.92. The number of benzene rings is 3. The van der Waals surface area contributed by atoms with Crippen molar-refractivity contribution in [1.29, 1.82) is 0 Å². The predicted molar refractivity (Wildman–Crippen MR) is 125 cm³/mol. The molecular formula is C28H22N2O. The summed E-state index contributed by atoms with van der Waals surface area (Å²) in [7, 11) is 0. The molecule has 1 aliphatic rings. The average Bonchev–Trinajstić information content (AvgIpc) is 3.21. The summed E-state index contributed by atoms with van der Waals surface area (Å²) in [6.07, 6.45) is 1.47. The highest BCUT2D eigenvalue weighted by molar-refractivity contribution is 6.13. The van der Waals surface area contributed by atoms with Crippen LogP contribution in [-0.4, -0.2) is 15.2 Å². The molecule has 1 aliphatic carbocycles. The summed E-state index contributed by atoms with van der Waals surface area (Å²) in [5, 5.41) is 2.05. The highest BCUT2D eigenvalue weighted by atomic mass is 16.1. The fourth-order valence-electron chi connectivity index (χ4n) is 5.01. The summed E-state index contributed by atoms with van der Waals surface area (Å²) in [5.74, 6) is 0.552. The molecule has 0 saturated carbocycles. The maximum atomic E-state index is 13.2. The summed E-state index contributed by atoms with van der Waals surface area (Å²) in [6.45, 7) is 2.17. The van der Waals surface area contributed by atoms with Crippen molar-refractivity contribution in [3.8, 4) is 22.5 Å². The molecule has 3 heteroatoms. The van der Waals surface area contributed by atoms with Crippen molar-refractivity contribution in [3.05, 3.63) is 96.2 Å². The molecule has 1 unspecified atom stereocenters. The molecule has 5 aromatic rings. The number of imidazole rings is 1. The summed E-state index contributed by atoms with van der Waals surface area (Å²) in [5.41, 5.74) is 7.09. The Morgan fingerprint density at radius 1 is 0.774 bits per heavy atom. The maximum Gasteiger partial charge on any atom is 0.165 e. The minimum absolute atomic E-state index is 0.237. The monoisotopic (exact) mass is 402 g/mol. The Balaban J connectivity index is 1.85. The van der Waals surface area contributed by atoms with E-state index in [1.165, 1.54) is 0 Å². The van der Waals surface area contributed by atoms with Gasteiger partial charge >= 0.3 is 0 Å². The molecule has 0 amide bonds. The van der Waals surface area contributed by atoms with E-state index in [1.807, 2.05) is 36.4 Å². The van der Waals surface area contributed by atoms with Gasteiger partial charge in [0.2, 0.25) is 0 Å². The Morgan fingerprint density at radius 3 is 2.10 bits per heavy atom. The lowest BCUT2D eigenvalue weighted by molar-refractivity contribution is 0.0954. The number of carbonyl (C=O) groups excluding carboxylic acids is 1. The van der Waals surface area contributed by atoms with Crippen molar-refractivity contribution in [3.63, 3.8) is 0 Å². The molecule has 31 heavy (non-hydrogen) atoms. The largest absolute Gasteiger partial charge is 0.295 e. The van der Waals surface area contributed by atoms with Crippen LogP contribution in [0.15, 0.2) is 84.9 Å². The van der Waals surface area contributed by atoms with Gasteiger partial charge in [-0.3, -0.25) is 9.20 Å². The van der Waals surface area contributed by atoms with Crippen LogP contribution in [0, 0.1) is 5.92 Å². The number of hydrogen-bond acceptors (Lipinski definition) is 2. The molecule has 2 aromatic heterocycles. The lowest BCUT2D eigenvalue weighted by Gasteiger charge is -2.24. The van der Waals surface area contributed by atoms with E-state index in [2.05, 4.69) is 59.9 Å². The average molecular weight is 402 g/mol. The molecule has 150 valence electrons. The molecule has 0 spiro atoms. The molecule has 0 radical (unpaired) electrons. The molecular weight excluding hydrogens is 380 g/mol. The van der Waals surface area contributed by atoms with E-state index in [0.717, 1.165) is 56.6 Å². The molecule has 3 nitrogen and oxygen atoms in total. The molecule has 2 heterocycles.